The van der Waals surface area contributed by atoms with Crippen LogP contribution in [0, 0.1) is 5.92 Å². The molecular formula is C18H37N3O2. The molecule has 1 heterocycles. The van der Waals surface area contributed by atoms with Crippen LogP contribution in [0.25, 0.3) is 0 Å². The lowest BCUT2D eigenvalue weighted by Crippen LogP contribution is -2.48. The van der Waals surface area contributed by atoms with Crippen LogP contribution in [0.5, 0.6) is 0 Å². The lowest BCUT2D eigenvalue weighted by molar-refractivity contribution is 0.0501. The van der Waals surface area contributed by atoms with E-state index < -0.39 is 5.60 Å². The standard InChI is InChI=1S/C18H37N3O2/c1-7-16(20-17(22)23-18(4,5)6)13-19-14(3)15-9-11-21(8-2)12-10-15/h14-16,19H,7-13H2,1-6H3,(H,20,22). The molecule has 0 aliphatic carbocycles. The van der Waals surface area contributed by atoms with E-state index in [4.69, 9.17) is 4.74 Å². The van der Waals surface area contributed by atoms with Crippen LogP contribution < -0.4 is 10.6 Å². The highest BCUT2D eigenvalue weighted by Crippen LogP contribution is 2.20. The first kappa shape index (κ1) is 20.2. The molecule has 0 radical (unpaired) electrons. The molecule has 1 rings (SSSR count). The fraction of sp³-hybridized carbons (Fsp3) is 0.944. The quantitative estimate of drug-likeness (QED) is 0.755. The van der Waals surface area contributed by atoms with Crippen molar-refractivity contribution in [1.29, 1.82) is 0 Å². The van der Waals surface area contributed by atoms with Crippen LogP contribution in [0.15, 0.2) is 0 Å². The topological polar surface area (TPSA) is 53.6 Å². The SMILES string of the molecule is CCC(CNC(C)C1CCN(CC)CC1)NC(=O)OC(C)(C)C. The summed E-state index contributed by atoms with van der Waals surface area (Å²) >= 11 is 0. The summed E-state index contributed by atoms with van der Waals surface area (Å²) in [6.07, 6.45) is 3.10. The molecule has 0 spiro atoms. The molecule has 0 aromatic carbocycles. The number of rotatable bonds is 7. The van der Waals surface area contributed by atoms with Gasteiger partial charge in [-0.05, 0) is 72.5 Å². The summed E-state index contributed by atoms with van der Waals surface area (Å²) in [6.45, 7) is 16.6. The van der Waals surface area contributed by atoms with E-state index in [2.05, 4.69) is 36.3 Å². The number of nitrogens with zero attached hydrogens (tertiary/aromatic N) is 1. The third kappa shape index (κ3) is 8.02. The first-order valence-electron chi connectivity index (χ1n) is 9.20. The second-order valence-corrected chi connectivity index (χ2v) is 7.72. The lowest BCUT2D eigenvalue weighted by atomic mass is 9.90. The van der Waals surface area contributed by atoms with Gasteiger partial charge in [0.25, 0.3) is 0 Å². The zero-order chi connectivity index (χ0) is 17.5. The van der Waals surface area contributed by atoms with Crippen LogP contribution in [0.1, 0.15) is 60.8 Å². The number of hydrogen-bond donors (Lipinski definition) is 2. The van der Waals surface area contributed by atoms with Gasteiger partial charge in [0.05, 0.1) is 0 Å². The van der Waals surface area contributed by atoms with Crippen molar-refractivity contribution in [3.05, 3.63) is 0 Å². The van der Waals surface area contributed by atoms with E-state index in [0.717, 1.165) is 25.4 Å². The smallest absolute Gasteiger partial charge is 0.407 e. The number of amides is 1. The van der Waals surface area contributed by atoms with E-state index in [-0.39, 0.29) is 12.1 Å². The van der Waals surface area contributed by atoms with Crippen LogP contribution in [-0.2, 0) is 4.74 Å². The highest BCUT2D eigenvalue weighted by molar-refractivity contribution is 5.68. The Balaban J connectivity index is 2.32. The first-order valence-corrected chi connectivity index (χ1v) is 9.20. The minimum absolute atomic E-state index is 0.114. The first-order chi connectivity index (χ1) is 10.7. The van der Waals surface area contributed by atoms with Gasteiger partial charge in [0.1, 0.15) is 5.60 Å². The summed E-state index contributed by atoms with van der Waals surface area (Å²) in [5.74, 6) is 0.733. The average molecular weight is 328 g/mol. The zero-order valence-electron chi connectivity index (χ0n) is 15.9. The van der Waals surface area contributed by atoms with Crippen molar-refractivity contribution in [2.24, 2.45) is 5.92 Å². The van der Waals surface area contributed by atoms with Gasteiger partial charge in [-0.3, -0.25) is 0 Å². The monoisotopic (exact) mass is 327 g/mol. The number of carbonyl (C=O) groups excluding carboxylic acids is 1. The van der Waals surface area contributed by atoms with Crippen molar-refractivity contribution in [2.45, 2.75) is 78.5 Å². The van der Waals surface area contributed by atoms with Gasteiger partial charge in [-0.15, -0.1) is 0 Å². The maximum Gasteiger partial charge on any atom is 0.407 e. The highest BCUT2D eigenvalue weighted by Gasteiger charge is 2.24. The van der Waals surface area contributed by atoms with Gasteiger partial charge in [-0.1, -0.05) is 13.8 Å². The Morgan fingerprint density at radius 1 is 1.26 bits per heavy atom. The predicted molar refractivity (Wildman–Crippen MR) is 95.8 cm³/mol. The Morgan fingerprint density at radius 2 is 1.87 bits per heavy atom. The van der Waals surface area contributed by atoms with Gasteiger partial charge in [0.2, 0.25) is 0 Å². The molecule has 23 heavy (non-hydrogen) atoms. The molecule has 0 aromatic rings. The van der Waals surface area contributed by atoms with E-state index in [1.807, 2.05) is 20.8 Å². The summed E-state index contributed by atoms with van der Waals surface area (Å²) in [6, 6.07) is 0.603. The number of hydrogen-bond acceptors (Lipinski definition) is 4. The highest BCUT2D eigenvalue weighted by atomic mass is 16.6. The van der Waals surface area contributed by atoms with Gasteiger partial charge < -0.3 is 20.3 Å². The number of likely N-dealkylation sites (tertiary alicyclic amines) is 1. The maximum absolute atomic E-state index is 11.9. The predicted octanol–water partition coefficient (Wildman–Crippen LogP) is 3.00. The van der Waals surface area contributed by atoms with Crippen molar-refractivity contribution < 1.29 is 9.53 Å². The van der Waals surface area contributed by atoms with Gasteiger partial charge in [0.15, 0.2) is 0 Å². The Morgan fingerprint density at radius 3 is 2.35 bits per heavy atom. The van der Waals surface area contributed by atoms with Crippen LogP contribution in [-0.4, -0.2) is 54.9 Å². The lowest BCUT2D eigenvalue weighted by Gasteiger charge is -2.35. The normalized spacial score (nSPS) is 20.1. The molecule has 2 atom stereocenters. The molecule has 1 fully saturated rings. The number of piperidine rings is 1. The minimum atomic E-state index is -0.448. The van der Waals surface area contributed by atoms with Gasteiger partial charge in [-0.25, -0.2) is 4.79 Å². The molecule has 1 aliphatic heterocycles. The molecule has 2 unspecified atom stereocenters. The van der Waals surface area contributed by atoms with E-state index >= 15 is 0 Å². The minimum Gasteiger partial charge on any atom is -0.444 e. The molecule has 136 valence electrons. The molecule has 2 N–H and O–H groups in total. The van der Waals surface area contributed by atoms with E-state index in [1.54, 1.807) is 0 Å². The number of ether oxygens (including phenoxy) is 1. The molecule has 1 saturated heterocycles. The van der Waals surface area contributed by atoms with Gasteiger partial charge in [0, 0.05) is 18.6 Å². The molecule has 1 aliphatic rings. The fourth-order valence-electron chi connectivity index (χ4n) is 3.04. The van der Waals surface area contributed by atoms with Gasteiger partial charge in [-0.2, -0.15) is 0 Å². The van der Waals surface area contributed by atoms with Crippen molar-refractivity contribution in [2.75, 3.05) is 26.2 Å². The molecule has 0 bridgehead atoms. The van der Waals surface area contributed by atoms with E-state index in [0.29, 0.717) is 6.04 Å². The maximum atomic E-state index is 11.9. The largest absolute Gasteiger partial charge is 0.444 e. The molecular weight excluding hydrogens is 290 g/mol. The van der Waals surface area contributed by atoms with Crippen molar-refractivity contribution in [3.8, 4) is 0 Å². The molecule has 1 amide bonds. The van der Waals surface area contributed by atoms with Crippen molar-refractivity contribution in [1.82, 2.24) is 15.5 Å². The number of carbonyl (C=O) groups is 1. The van der Waals surface area contributed by atoms with Crippen LogP contribution in [0.2, 0.25) is 0 Å². The zero-order valence-corrected chi connectivity index (χ0v) is 15.9. The van der Waals surface area contributed by atoms with Crippen molar-refractivity contribution in [3.63, 3.8) is 0 Å². The Labute approximate surface area is 142 Å². The van der Waals surface area contributed by atoms with Crippen LogP contribution in [0.3, 0.4) is 0 Å². The summed E-state index contributed by atoms with van der Waals surface area (Å²) in [5, 5.41) is 6.58. The van der Waals surface area contributed by atoms with E-state index in [1.165, 1.54) is 25.9 Å². The summed E-state index contributed by atoms with van der Waals surface area (Å²) in [7, 11) is 0. The fourth-order valence-corrected chi connectivity index (χ4v) is 3.04. The number of nitrogens with one attached hydrogen (secondary N) is 2. The Hall–Kier alpha value is -0.810. The third-order valence-corrected chi connectivity index (χ3v) is 4.69. The summed E-state index contributed by atoms with van der Waals surface area (Å²) in [4.78, 5) is 14.4. The molecule has 0 aromatic heterocycles. The Bertz CT molecular complexity index is 347. The second kappa shape index (κ2) is 9.48. The Kier molecular flexibility index (Phi) is 8.34. The summed E-state index contributed by atoms with van der Waals surface area (Å²) < 4.78 is 5.33. The second-order valence-electron chi connectivity index (χ2n) is 7.72. The van der Waals surface area contributed by atoms with E-state index in [9.17, 15) is 4.79 Å². The van der Waals surface area contributed by atoms with Crippen LogP contribution >= 0.6 is 0 Å². The number of alkyl carbamates (subject to hydrolysis) is 1. The molecule has 0 saturated carbocycles. The third-order valence-electron chi connectivity index (χ3n) is 4.69. The van der Waals surface area contributed by atoms with Crippen molar-refractivity contribution >= 4 is 6.09 Å². The molecule has 5 nitrogen and oxygen atoms in total. The van der Waals surface area contributed by atoms with Crippen LogP contribution in [0.4, 0.5) is 4.79 Å². The average Bonchev–Trinajstić information content (AvgIpc) is 2.49. The molecule has 5 heteroatoms. The van der Waals surface area contributed by atoms with Gasteiger partial charge >= 0.3 is 6.09 Å². The summed E-state index contributed by atoms with van der Waals surface area (Å²) in [5.41, 5.74) is -0.448.